The lowest BCUT2D eigenvalue weighted by Crippen LogP contribution is -2.49. The molecule has 2 aliphatic carbocycles. The zero-order valence-corrected chi connectivity index (χ0v) is 20.3. The van der Waals surface area contributed by atoms with Crippen molar-refractivity contribution in [2.24, 2.45) is 5.92 Å². The topological polar surface area (TPSA) is 48.7 Å². The highest BCUT2D eigenvalue weighted by atomic mass is 19.1. The smallest absolute Gasteiger partial charge is 0.168 e. The summed E-state index contributed by atoms with van der Waals surface area (Å²) in [5.41, 5.74) is 6.82. The minimum atomic E-state index is -0.419. The molecule has 0 unspecified atom stereocenters. The molecule has 1 aliphatic heterocycles. The number of pyridine rings is 2. The highest BCUT2D eigenvalue weighted by Gasteiger charge is 2.54. The quantitative estimate of drug-likeness (QED) is 0.364. The fourth-order valence-electron chi connectivity index (χ4n) is 7.04. The Kier molecular flexibility index (Phi) is 5.22. The second kappa shape index (κ2) is 8.49. The molecule has 0 amide bonds. The summed E-state index contributed by atoms with van der Waals surface area (Å²) in [6, 6.07) is 15.2. The van der Waals surface area contributed by atoms with Crippen LogP contribution in [0.2, 0.25) is 0 Å². The van der Waals surface area contributed by atoms with Crippen molar-refractivity contribution >= 4 is 5.52 Å². The van der Waals surface area contributed by atoms with Crippen molar-refractivity contribution in [3.8, 4) is 11.3 Å². The van der Waals surface area contributed by atoms with Crippen molar-refractivity contribution in [3.63, 3.8) is 0 Å². The van der Waals surface area contributed by atoms with E-state index >= 15 is 0 Å². The number of rotatable bonds is 3. The third kappa shape index (κ3) is 3.58. The molecule has 1 saturated carbocycles. The number of hydrogen-bond donors (Lipinski definition) is 0. The third-order valence-electron chi connectivity index (χ3n) is 8.74. The van der Waals surface area contributed by atoms with E-state index in [9.17, 15) is 4.39 Å². The van der Waals surface area contributed by atoms with Crippen LogP contribution in [0.5, 0.6) is 0 Å². The van der Waals surface area contributed by atoms with Crippen LogP contribution in [0.25, 0.3) is 16.8 Å². The summed E-state index contributed by atoms with van der Waals surface area (Å²) in [7, 11) is 0. The number of imidazole rings is 1. The van der Waals surface area contributed by atoms with Crippen molar-refractivity contribution in [3.05, 3.63) is 89.9 Å². The van der Waals surface area contributed by atoms with Gasteiger partial charge in [0.15, 0.2) is 5.79 Å². The number of aromatic nitrogens is 3. The van der Waals surface area contributed by atoms with E-state index < -0.39 is 5.79 Å². The molecule has 1 aromatic carbocycles. The van der Waals surface area contributed by atoms with Gasteiger partial charge in [0.25, 0.3) is 0 Å². The molecule has 0 bridgehead atoms. The molecule has 184 valence electrons. The Morgan fingerprint density at radius 2 is 1.89 bits per heavy atom. The molecule has 1 saturated heterocycles. The van der Waals surface area contributed by atoms with E-state index in [2.05, 4.69) is 28.8 Å². The van der Waals surface area contributed by atoms with Crippen LogP contribution in [-0.4, -0.2) is 33.4 Å². The van der Waals surface area contributed by atoms with Gasteiger partial charge in [-0.15, -0.1) is 0 Å². The summed E-state index contributed by atoms with van der Waals surface area (Å²) in [5, 5.41) is 0. The normalized spacial score (nSPS) is 25.0. The van der Waals surface area contributed by atoms with Gasteiger partial charge in [0, 0.05) is 41.9 Å². The van der Waals surface area contributed by atoms with Gasteiger partial charge in [-0.05, 0) is 91.6 Å². The van der Waals surface area contributed by atoms with Crippen molar-refractivity contribution in [2.75, 3.05) is 13.2 Å². The first-order valence-electron chi connectivity index (χ1n) is 13.1. The fraction of sp³-hybridized carbons (Fsp3) is 0.400. The third-order valence-corrected chi connectivity index (χ3v) is 8.74. The van der Waals surface area contributed by atoms with Crippen molar-refractivity contribution in [1.82, 2.24) is 14.4 Å². The Morgan fingerprint density at radius 1 is 1.03 bits per heavy atom. The van der Waals surface area contributed by atoms with E-state index in [1.807, 2.05) is 30.7 Å². The van der Waals surface area contributed by atoms with E-state index in [4.69, 9.17) is 19.4 Å². The van der Waals surface area contributed by atoms with E-state index in [0.29, 0.717) is 19.1 Å². The maximum absolute atomic E-state index is 13.6. The number of ether oxygens (including phenoxy) is 2. The van der Waals surface area contributed by atoms with E-state index in [-0.39, 0.29) is 11.2 Å². The van der Waals surface area contributed by atoms with Crippen molar-refractivity contribution in [1.29, 1.82) is 0 Å². The summed E-state index contributed by atoms with van der Waals surface area (Å²) in [4.78, 5) is 9.50. The Bertz CT molecular complexity index is 1400. The SMILES string of the molecule is Fc1ccc(-c2ncn3cc4c(cc23)CCC[C@@H]2CC3(CC[C@@]42Cc2ccccn2)OCCO3)cc1. The molecule has 0 radical (unpaired) electrons. The Balaban J connectivity index is 1.37. The molecule has 7 rings (SSSR count). The lowest BCUT2D eigenvalue weighted by Gasteiger charge is -2.50. The van der Waals surface area contributed by atoms with Gasteiger partial charge in [-0.2, -0.15) is 0 Å². The lowest BCUT2D eigenvalue weighted by molar-refractivity contribution is -0.199. The molecular formula is C30H30FN3O2. The number of nitrogens with zero attached hydrogens (tertiary/aromatic N) is 3. The van der Waals surface area contributed by atoms with Gasteiger partial charge in [-0.25, -0.2) is 9.37 Å². The second-order valence-corrected chi connectivity index (χ2v) is 10.7. The Hall–Kier alpha value is -3.09. The molecule has 4 heterocycles. The van der Waals surface area contributed by atoms with Crippen LogP contribution in [0.4, 0.5) is 4.39 Å². The number of aryl methyl sites for hydroxylation is 1. The largest absolute Gasteiger partial charge is 0.348 e. The zero-order chi connectivity index (χ0) is 24.2. The standard InChI is InChI=1S/C30H30FN3O2/c31-24-9-7-21(8-10-24)28-27-16-22-4-3-5-23-17-30(35-14-15-36-30)12-11-29(23,18-25-6-1-2-13-32-25)26(22)19-34(27)20-33-28/h1-2,6-10,13,16,19-20,23H,3-5,11-12,14-15,17-18H2/t23-,29+/m1/s1. The molecule has 5 nitrogen and oxygen atoms in total. The first-order chi connectivity index (χ1) is 17.6. The van der Waals surface area contributed by atoms with Crippen LogP contribution in [0.15, 0.2) is 67.3 Å². The number of benzene rings is 1. The molecule has 3 aliphatic rings. The highest BCUT2D eigenvalue weighted by molar-refractivity contribution is 5.78. The monoisotopic (exact) mass is 483 g/mol. The molecule has 36 heavy (non-hydrogen) atoms. The van der Waals surface area contributed by atoms with Crippen LogP contribution < -0.4 is 0 Å². The van der Waals surface area contributed by atoms with E-state index in [1.165, 1.54) is 23.3 Å². The highest BCUT2D eigenvalue weighted by Crippen LogP contribution is 2.55. The van der Waals surface area contributed by atoms with Gasteiger partial charge in [-0.3, -0.25) is 4.98 Å². The number of hydrogen-bond acceptors (Lipinski definition) is 4. The zero-order valence-electron chi connectivity index (χ0n) is 20.3. The van der Waals surface area contributed by atoms with Crippen LogP contribution in [-0.2, 0) is 27.7 Å². The van der Waals surface area contributed by atoms with Crippen LogP contribution >= 0.6 is 0 Å². The molecule has 6 heteroatoms. The van der Waals surface area contributed by atoms with Crippen LogP contribution in [0.1, 0.15) is 48.9 Å². The van der Waals surface area contributed by atoms with Gasteiger partial charge in [-0.1, -0.05) is 6.07 Å². The van der Waals surface area contributed by atoms with Gasteiger partial charge < -0.3 is 13.9 Å². The lowest BCUT2D eigenvalue weighted by atomic mass is 9.58. The van der Waals surface area contributed by atoms with Crippen molar-refractivity contribution < 1.29 is 13.9 Å². The van der Waals surface area contributed by atoms with E-state index in [0.717, 1.165) is 67.4 Å². The molecule has 2 atom stereocenters. The fourth-order valence-corrected chi connectivity index (χ4v) is 7.04. The number of halogens is 1. The molecule has 2 fully saturated rings. The molecular weight excluding hydrogens is 453 g/mol. The average Bonchev–Trinajstić information content (AvgIpc) is 3.50. The van der Waals surface area contributed by atoms with Gasteiger partial charge in [0.1, 0.15) is 5.82 Å². The summed E-state index contributed by atoms with van der Waals surface area (Å²) in [6.07, 6.45) is 13.2. The molecule has 1 spiro atoms. The van der Waals surface area contributed by atoms with Gasteiger partial charge >= 0.3 is 0 Å². The van der Waals surface area contributed by atoms with Crippen LogP contribution in [0.3, 0.4) is 0 Å². The number of fused-ring (bicyclic) bond motifs is 4. The average molecular weight is 484 g/mol. The predicted octanol–water partition coefficient (Wildman–Crippen LogP) is 5.90. The minimum Gasteiger partial charge on any atom is -0.348 e. The second-order valence-electron chi connectivity index (χ2n) is 10.7. The Morgan fingerprint density at radius 3 is 2.69 bits per heavy atom. The first-order valence-corrected chi connectivity index (χ1v) is 13.1. The summed E-state index contributed by atoms with van der Waals surface area (Å²) < 4.78 is 28.1. The maximum Gasteiger partial charge on any atom is 0.168 e. The predicted molar refractivity (Wildman–Crippen MR) is 135 cm³/mol. The maximum atomic E-state index is 13.6. The Labute approximate surface area is 210 Å². The van der Waals surface area contributed by atoms with E-state index in [1.54, 1.807) is 0 Å². The molecule has 3 aromatic heterocycles. The van der Waals surface area contributed by atoms with Gasteiger partial charge in [0.05, 0.1) is 30.8 Å². The first kappa shape index (κ1) is 22.1. The summed E-state index contributed by atoms with van der Waals surface area (Å²) >= 11 is 0. The van der Waals surface area contributed by atoms with Crippen molar-refractivity contribution in [2.45, 2.75) is 56.1 Å². The summed E-state index contributed by atoms with van der Waals surface area (Å²) in [5.74, 6) is -0.202. The summed E-state index contributed by atoms with van der Waals surface area (Å²) in [6.45, 7) is 1.39. The molecule has 0 N–H and O–H groups in total. The van der Waals surface area contributed by atoms with Crippen LogP contribution in [0, 0.1) is 11.7 Å². The molecule has 4 aromatic rings. The van der Waals surface area contributed by atoms with Gasteiger partial charge in [0.2, 0.25) is 0 Å². The minimum absolute atomic E-state index is 0.0325.